The third kappa shape index (κ3) is 4.32. The number of hydrogen-bond donors (Lipinski definition) is 2. The summed E-state index contributed by atoms with van der Waals surface area (Å²) in [6, 6.07) is 7.18. The molecule has 0 bridgehead atoms. The molecule has 142 valence electrons. The van der Waals surface area contributed by atoms with Gasteiger partial charge in [-0.2, -0.15) is 5.10 Å². The SMILES string of the molecule is Cn1ncc(Cl)c1-c1cc(C(=O)N[C@H](CN)Cc2ccc(F)cc2)oc1Cl. The Labute approximate surface area is 165 Å². The van der Waals surface area contributed by atoms with Gasteiger partial charge in [-0.1, -0.05) is 23.7 Å². The standard InChI is InChI=1S/C18H17Cl2FN4O2/c1-25-16(14(19)9-23-25)13-7-15(27-17(13)20)18(26)24-12(8-22)6-10-2-4-11(21)5-3-10/h2-5,7,9,12H,6,8,22H2,1H3,(H,24,26)/t12-/m0/s1. The summed E-state index contributed by atoms with van der Waals surface area (Å²) < 4.78 is 19.9. The van der Waals surface area contributed by atoms with Crippen LogP contribution in [0.2, 0.25) is 10.2 Å². The molecule has 0 fully saturated rings. The number of hydrogen-bond acceptors (Lipinski definition) is 4. The molecule has 3 rings (SSSR count). The number of amides is 1. The van der Waals surface area contributed by atoms with E-state index in [0.717, 1.165) is 5.56 Å². The maximum absolute atomic E-state index is 13.0. The lowest BCUT2D eigenvalue weighted by molar-refractivity contribution is 0.0910. The third-order valence-corrected chi connectivity index (χ3v) is 4.63. The summed E-state index contributed by atoms with van der Waals surface area (Å²) in [5.41, 5.74) is 7.62. The number of carbonyl (C=O) groups excluding carboxylic acids is 1. The number of benzene rings is 1. The fraction of sp³-hybridized carbons (Fsp3) is 0.222. The molecule has 6 nitrogen and oxygen atoms in total. The largest absolute Gasteiger partial charge is 0.439 e. The van der Waals surface area contributed by atoms with E-state index in [9.17, 15) is 9.18 Å². The van der Waals surface area contributed by atoms with Crippen LogP contribution in [0.5, 0.6) is 0 Å². The number of nitrogens with two attached hydrogens (primary N) is 1. The first kappa shape index (κ1) is 19.4. The van der Waals surface area contributed by atoms with E-state index in [1.807, 2.05) is 0 Å². The minimum atomic E-state index is -0.459. The first-order valence-electron chi connectivity index (χ1n) is 8.11. The van der Waals surface area contributed by atoms with Crippen molar-refractivity contribution >= 4 is 29.1 Å². The van der Waals surface area contributed by atoms with Gasteiger partial charge < -0.3 is 15.5 Å². The van der Waals surface area contributed by atoms with Crippen molar-refractivity contribution in [2.24, 2.45) is 12.8 Å². The van der Waals surface area contributed by atoms with E-state index >= 15 is 0 Å². The highest BCUT2D eigenvalue weighted by Gasteiger charge is 2.22. The normalized spacial score (nSPS) is 12.2. The van der Waals surface area contributed by atoms with Crippen LogP contribution in [0.25, 0.3) is 11.3 Å². The summed E-state index contributed by atoms with van der Waals surface area (Å²) in [5, 5.41) is 7.27. The maximum atomic E-state index is 13.0. The number of aryl methyl sites for hydroxylation is 1. The number of nitrogens with zero attached hydrogens (tertiary/aromatic N) is 2. The molecule has 2 aromatic heterocycles. The fourth-order valence-corrected chi connectivity index (χ4v) is 3.21. The van der Waals surface area contributed by atoms with Crippen molar-refractivity contribution in [2.75, 3.05) is 6.54 Å². The first-order chi connectivity index (χ1) is 12.9. The highest BCUT2D eigenvalue weighted by atomic mass is 35.5. The average Bonchev–Trinajstić information content (AvgIpc) is 3.18. The van der Waals surface area contributed by atoms with Crippen molar-refractivity contribution in [3.8, 4) is 11.3 Å². The summed E-state index contributed by atoms with van der Waals surface area (Å²) in [5.74, 6) is -0.748. The van der Waals surface area contributed by atoms with Crippen LogP contribution < -0.4 is 11.1 Å². The number of aromatic nitrogens is 2. The highest BCUT2D eigenvalue weighted by Crippen LogP contribution is 2.35. The van der Waals surface area contributed by atoms with Crippen LogP contribution in [0.4, 0.5) is 4.39 Å². The molecule has 1 atom stereocenters. The molecule has 0 unspecified atom stereocenters. The van der Waals surface area contributed by atoms with Gasteiger partial charge in [0.1, 0.15) is 5.82 Å². The lowest BCUT2D eigenvalue weighted by Gasteiger charge is -2.16. The highest BCUT2D eigenvalue weighted by molar-refractivity contribution is 6.35. The number of furan rings is 1. The molecular formula is C18H17Cl2FN4O2. The van der Waals surface area contributed by atoms with Gasteiger partial charge in [0.2, 0.25) is 5.22 Å². The predicted octanol–water partition coefficient (Wildman–Crippen LogP) is 3.43. The van der Waals surface area contributed by atoms with Gasteiger partial charge in [0, 0.05) is 25.7 Å². The van der Waals surface area contributed by atoms with E-state index in [4.69, 9.17) is 33.4 Å². The zero-order chi connectivity index (χ0) is 19.6. The van der Waals surface area contributed by atoms with Crippen LogP contribution in [-0.4, -0.2) is 28.3 Å². The second-order valence-electron chi connectivity index (χ2n) is 6.00. The van der Waals surface area contributed by atoms with Crippen LogP contribution in [0.3, 0.4) is 0 Å². The van der Waals surface area contributed by atoms with Crippen molar-refractivity contribution in [2.45, 2.75) is 12.5 Å². The fourth-order valence-electron chi connectivity index (χ4n) is 2.71. The summed E-state index contributed by atoms with van der Waals surface area (Å²) in [7, 11) is 1.71. The predicted molar refractivity (Wildman–Crippen MR) is 101 cm³/mol. The quantitative estimate of drug-likeness (QED) is 0.651. The van der Waals surface area contributed by atoms with E-state index in [0.29, 0.717) is 22.7 Å². The van der Waals surface area contributed by atoms with Gasteiger partial charge in [-0.3, -0.25) is 9.48 Å². The molecule has 0 radical (unpaired) electrons. The molecule has 0 aliphatic carbocycles. The molecule has 27 heavy (non-hydrogen) atoms. The lowest BCUT2D eigenvalue weighted by atomic mass is 10.1. The second-order valence-corrected chi connectivity index (χ2v) is 6.75. The maximum Gasteiger partial charge on any atom is 0.287 e. The Morgan fingerprint density at radius 1 is 1.37 bits per heavy atom. The van der Waals surface area contributed by atoms with Gasteiger partial charge >= 0.3 is 0 Å². The molecule has 9 heteroatoms. The number of rotatable bonds is 6. The third-order valence-electron chi connectivity index (χ3n) is 4.07. The van der Waals surface area contributed by atoms with Crippen molar-refractivity contribution in [3.63, 3.8) is 0 Å². The number of halogens is 3. The van der Waals surface area contributed by atoms with Crippen LogP contribution in [0, 0.1) is 5.82 Å². The Kier molecular flexibility index (Phi) is 5.84. The van der Waals surface area contributed by atoms with E-state index in [1.54, 1.807) is 19.2 Å². The molecule has 3 N–H and O–H groups in total. The van der Waals surface area contributed by atoms with Crippen LogP contribution in [0.1, 0.15) is 16.1 Å². The topological polar surface area (TPSA) is 86.1 Å². The number of carbonyl (C=O) groups is 1. The molecule has 0 aliphatic rings. The van der Waals surface area contributed by atoms with Gasteiger partial charge in [0.25, 0.3) is 5.91 Å². The minimum absolute atomic E-state index is 0.0322. The average molecular weight is 411 g/mol. The van der Waals surface area contributed by atoms with Crippen LogP contribution >= 0.6 is 23.2 Å². The Bertz CT molecular complexity index is 933. The monoisotopic (exact) mass is 410 g/mol. The van der Waals surface area contributed by atoms with Gasteiger partial charge in [-0.15, -0.1) is 0 Å². The smallest absolute Gasteiger partial charge is 0.287 e. The van der Waals surface area contributed by atoms with Crippen molar-refractivity contribution in [1.29, 1.82) is 0 Å². The van der Waals surface area contributed by atoms with Crippen LogP contribution in [-0.2, 0) is 13.5 Å². The van der Waals surface area contributed by atoms with E-state index in [1.165, 1.54) is 29.1 Å². The van der Waals surface area contributed by atoms with E-state index in [-0.39, 0.29) is 29.4 Å². The van der Waals surface area contributed by atoms with Gasteiger partial charge in [-0.05, 0) is 35.7 Å². The molecule has 1 aromatic carbocycles. The van der Waals surface area contributed by atoms with E-state index < -0.39 is 5.91 Å². The van der Waals surface area contributed by atoms with E-state index in [2.05, 4.69) is 10.4 Å². The van der Waals surface area contributed by atoms with Gasteiger partial charge in [0.15, 0.2) is 5.76 Å². The van der Waals surface area contributed by atoms with Crippen molar-refractivity contribution in [1.82, 2.24) is 15.1 Å². The second kappa shape index (κ2) is 8.12. The summed E-state index contributed by atoms with van der Waals surface area (Å²) in [6.45, 7) is 0.206. The lowest BCUT2D eigenvalue weighted by Crippen LogP contribution is -2.41. The zero-order valence-electron chi connectivity index (χ0n) is 14.4. The molecule has 0 spiro atoms. The Balaban J connectivity index is 1.75. The summed E-state index contributed by atoms with van der Waals surface area (Å²) in [6.07, 6.45) is 1.94. The zero-order valence-corrected chi connectivity index (χ0v) is 15.9. The molecule has 0 aliphatic heterocycles. The van der Waals surface area contributed by atoms with Crippen LogP contribution in [0.15, 0.2) is 40.9 Å². The Hall–Kier alpha value is -2.35. The summed E-state index contributed by atoms with van der Waals surface area (Å²) >= 11 is 12.3. The first-order valence-corrected chi connectivity index (χ1v) is 8.87. The Morgan fingerprint density at radius 2 is 2.07 bits per heavy atom. The number of nitrogens with one attached hydrogen (secondary N) is 1. The molecule has 0 saturated carbocycles. The van der Waals surface area contributed by atoms with Crippen molar-refractivity contribution in [3.05, 3.63) is 63.9 Å². The molecule has 0 saturated heterocycles. The molecule has 1 amide bonds. The van der Waals surface area contributed by atoms with Gasteiger partial charge in [0.05, 0.1) is 22.5 Å². The molecular weight excluding hydrogens is 394 g/mol. The minimum Gasteiger partial charge on any atom is -0.439 e. The Morgan fingerprint density at radius 3 is 2.67 bits per heavy atom. The summed E-state index contributed by atoms with van der Waals surface area (Å²) in [4.78, 5) is 12.5. The van der Waals surface area contributed by atoms with Crippen molar-refractivity contribution < 1.29 is 13.6 Å². The van der Waals surface area contributed by atoms with Gasteiger partial charge in [-0.25, -0.2) is 4.39 Å². The molecule has 2 heterocycles. The molecule has 3 aromatic rings.